The van der Waals surface area contributed by atoms with Gasteiger partial charge in [0, 0.05) is 0 Å². The van der Waals surface area contributed by atoms with E-state index in [0.29, 0.717) is 11.1 Å². The molecule has 0 atom stereocenters. The van der Waals surface area contributed by atoms with E-state index in [2.05, 4.69) is 9.97 Å². The third-order valence-electron chi connectivity index (χ3n) is 2.98. The fourth-order valence-corrected chi connectivity index (χ4v) is 2.23. The maximum absolute atomic E-state index is 13.7. The van der Waals surface area contributed by atoms with Crippen molar-refractivity contribution in [3.63, 3.8) is 0 Å². The van der Waals surface area contributed by atoms with Gasteiger partial charge in [-0.3, -0.25) is 4.79 Å². The molecule has 0 amide bonds. The molecule has 0 radical (unpaired) electrons. The van der Waals surface area contributed by atoms with Crippen LogP contribution in [0.3, 0.4) is 0 Å². The zero-order valence-electron chi connectivity index (χ0n) is 9.95. The number of aromatic amines is 1. The second-order valence-corrected chi connectivity index (χ2v) is 4.59. The number of rotatable bonds is 1. The highest BCUT2D eigenvalue weighted by molar-refractivity contribution is 6.31. The molecule has 0 unspecified atom stereocenters. The molecule has 1 N–H and O–H groups in total. The minimum atomic E-state index is -0.594. The summed E-state index contributed by atoms with van der Waals surface area (Å²) >= 11 is 5.74. The summed E-state index contributed by atoms with van der Waals surface area (Å²) in [5.41, 5.74) is 0.453. The molecular weight excluding hydrogens is 286 g/mol. The number of H-pyrrole nitrogens is 1. The van der Waals surface area contributed by atoms with Crippen molar-refractivity contribution in [2.24, 2.45) is 0 Å². The van der Waals surface area contributed by atoms with Crippen molar-refractivity contribution in [3.8, 4) is 11.1 Å². The smallest absolute Gasteiger partial charge is 0.259 e. The first-order chi connectivity index (χ1) is 9.58. The van der Waals surface area contributed by atoms with Crippen molar-refractivity contribution in [2.45, 2.75) is 0 Å². The van der Waals surface area contributed by atoms with Crippen LogP contribution in [-0.2, 0) is 0 Å². The Kier molecular flexibility index (Phi) is 2.99. The van der Waals surface area contributed by atoms with Gasteiger partial charge in [-0.15, -0.1) is 0 Å². The van der Waals surface area contributed by atoms with E-state index in [1.165, 1.54) is 30.3 Å². The van der Waals surface area contributed by atoms with E-state index in [1.807, 2.05) is 0 Å². The maximum atomic E-state index is 13.7. The Labute approximate surface area is 116 Å². The number of fused-ring (bicyclic) bond motifs is 1. The van der Waals surface area contributed by atoms with E-state index in [9.17, 15) is 13.6 Å². The first-order valence-corrected chi connectivity index (χ1v) is 6.07. The number of nitrogens with zero attached hydrogens (tertiary/aromatic N) is 1. The molecule has 1 heterocycles. The predicted octanol–water partition coefficient (Wildman–Crippen LogP) is 3.52. The van der Waals surface area contributed by atoms with Crippen LogP contribution in [0.1, 0.15) is 0 Å². The molecular formula is C14H7ClF2N2O. The summed E-state index contributed by atoms with van der Waals surface area (Å²) in [5.74, 6) is -1.16. The summed E-state index contributed by atoms with van der Waals surface area (Å²) in [6.45, 7) is 0. The van der Waals surface area contributed by atoms with E-state index in [0.717, 1.165) is 6.33 Å². The predicted molar refractivity (Wildman–Crippen MR) is 72.7 cm³/mol. The average Bonchev–Trinajstić information content (AvgIpc) is 2.43. The lowest BCUT2D eigenvalue weighted by Gasteiger charge is -2.07. The van der Waals surface area contributed by atoms with Crippen molar-refractivity contribution >= 4 is 22.5 Å². The van der Waals surface area contributed by atoms with E-state index < -0.39 is 17.2 Å². The van der Waals surface area contributed by atoms with Crippen LogP contribution >= 0.6 is 11.6 Å². The van der Waals surface area contributed by atoms with Crippen LogP contribution in [-0.4, -0.2) is 9.97 Å². The number of nitrogens with one attached hydrogen (secondary N) is 1. The second-order valence-electron chi connectivity index (χ2n) is 4.18. The Morgan fingerprint density at radius 2 is 1.85 bits per heavy atom. The molecule has 100 valence electrons. The summed E-state index contributed by atoms with van der Waals surface area (Å²) in [6, 6.07) is 6.70. The van der Waals surface area contributed by atoms with Crippen LogP contribution in [0.25, 0.3) is 22.0 Å². The van der Waals surface area contributed by atoms with E-state index >= 15 is 0 Å². The number of aromatic nitrogens is 2. The van der Waals surface area contributed by atoms with Gasteiger partial charge in [-0.25, -0.2) is 13.8 Å². The molecule has 0 saturated carbocycles. The van der Waals surface area contributed by atoms with Crippen LogP contribution in [0.15, 0.2) is 41.5 Å². The lowest BCUT2D eigenvalue weighted by molar-refractivity contribution is 0.628. The molecule has 1 aromatic heterocycles. The molecule has 0 aliphatic rings. The zero-order chi connectivity index (χ0) is 14.3. The van der Waals surface area contributed by atoms with Crippen LogP contribution in [0.2, 0.25) is 5.02 Å². The van der Waals surface area contributed by atoms with Crippen LogP contribution < -0.4 is 5.56 Å². The minimum absolute atomic E-state index is 0.0355. The first kappa shape index (κ1) is 12.7. The Morgan fingerprint density at radius 1 is 1.10 bits per heavy atom. The molecule has 0 fully saturated rings. The zero-order valence-corrected chi connectivity index (χ0v) is 10.7. The summed E-state index contributed by atoms with van der Waals surface area (Å²) in [5, 5.41) is 0.0375. The van der Waals surface area contributed by atoms with Crippen molar-refractivity contribution in [1.29, 1.82) is 0 Å². The molecule has 0 saturated heterocycles. The monoisotopic (exact) mass is 292 g/mol. The standard InChI is InChI=1S/C14H7ClF2N2O/c15-9-5-7(1-3-10(9)16)8-2-4-11(17)13-12(8)14(20)19-6-18-13/h1-6H,(H,18,19,20). The third kappa shape index (κ3) is 1.96. The van der Waals surface area contributed by atoms with Gasteiger partial charge in [0.05, 0.1) is 16.7 Å². The quantitative estimate of drug-likeness (QED) is 0.746. The Morgan fingerprint density at radius 3 is 2.60 bits per heavy atom. The van der Waals surface area contributed by atoms with E-state index in [4.69, 9.17) is 11.6 Å². The lowest BCUT2D eigenvalue weighted by Crippen LogP contribution is -2.08. The highest BCUT2D eigenvalue weighted by atomic mass is 35.5. The number of hydrogen-bond donors (Lipinski definition) is 1. The molecule has 3 aromatic rings. The molecule has 2 aromatic carbocycles. The van der Waals surface area contributed by atoms with Crippen LogP contribution in [0, 0.1) is 11.6 Å². The molecule has 6 heteroatoms. The Hall–Kier alpha value is -2.27. The second kappa shape index (κ2) is 4.68. The largest absolute Gasteiger partial charge is 0.313 e. The number of benzene rings is 2. The third-order valence-corrected chi connectivity index (χ3v) is 3.27. The van der Waals surface area contributed by atoms with Gasteiger partial charge in [-0.2, -0.15) is 0 Å². The van der Waals surface area contributed by atoms with E-state index in [1.54, 1.807) is 0 Å². The van der Waals surface area contributed by atoms with Crippen molar-refractivity contribution in [2.75, 3.05) is 0 Å². The normalized spacial score (nSPS) is 10.9. The summed E-state index contributed by atoms with van der Waals surface area (Å²) in [6.07, 6.45) is 1.13. The Balaban J connectivity index is 2.40. The van der Waals surface area contributed by atoms with Gasteiger partial charge in [-0.05, 0) is 29.3 Å². The molecule has 3 rings (SSSR count). The molecule has 0 bridgehead atoms. The SMILES string of the molecule is O=c1[nH]cnc2c(F)ccc(-c3ccc(F)c(Cl)c3)c12. The molecule has 0 spiro atoms. The van der Waals surface area contributed by atoms with Gasteiger partial charge in [0.1, 0.15) is 17.2 Å². The number of hydrogen-bond acceptors (Lipinski definition) is 2. The molecule has 0 aliphatic heterocycles. The van der Waals surface area contributed by atoms with Crippen LogP contribution in [0.4, 0.5) is 8.78 Å². The van der Waals surface area contributed by atoms with Crippen molar-refractivity contribution in [3.05, 3.63) is 63.7 Å². The minimum Gasteiger partial charge on any atom is -0.313 e. The summed E-state index contributed by atoms with van der Waals surface area (Å²) in [7, 11) is 0. The molecule has 3 nitrogen and oxygen atoms in total. The fraction of sp³-hybridized carbons (Fsp3) is 0. The van der Waals surface area contributed by atoms with Crippen LogP contribution in [0.5, 0.6) is 0 Å². The summed E-state index contributed by atoms with van der Waals surface area (Å²) < 4.78 is 26.9. The van der Waals surface area contributed by atoms with E-state index in [-0.39, 0.29) is 15.9 Å². The Bertz CT molecular complexity index is 877. The van der Waals surface area contributed by atoms with Gasteiger partial charge in [-0.1, -0.05) is 23.7 Å². The topological polar surface area (TPSA) is 45.8 Å². The lowest BCUT2D eigenvalue weighted by atomic mass is 10.0. The van der Waals surface area contributed by atoms with Gasteiger partial charge in [0.25, 0.3) is 5.56 Å². The summed E-state index contributed by atoms with van der Waals surface area (Å²) in [4.78, 5) is 18.1. The highest BCUT2D eigenvalue weighted by Crippen LogP contribution is 2.29. The highest BCUT2D eigenvalue weighted by Gasteiger charge is 2.13. The van der Waals surface area contributed by atoms with Gasteiger partial charge in [0.2, 0.25) is 0 Å². The number of halogens is 3. The van der Waals surface area contributed by atoms with Crippen molar-refractivity contribution < 1.29 is 8.78 Å². The molecule has 0 aliphatic carbocycles. The van der Waals surface area contributed by atoms with Gasteiger partial charge < -0.3 is 4.98 Å². The maximum Gasteiger partial charge on any atom is 0.259 e. The average molecular weight is 293 g/mol. The van der Waals surface area contributed by atoms with Gasteiger partial charge >= 0.3 is 0 Å². The fourth-order valence-electron chi connectivity index (χ4n) is 2.05. The van der Waals surface area contributed by atoms with Crippen molar-refractivity contribution in [1.82, 2.24) is 9.97 Å². The van der Waals surface area contributed by atoms with Gasteiger partial charge in [0.15, 0.2) is 0 Å². The first-order valence-electron chi connectivity index (χ1n) is 5.69. The molecule has 20 heavy (non-hydrogen) atoms.